The van der Waals surface area contributed by atoms with Gasteiger partial charge in [0.15, 0.2) is 0 Å². The van der Waals surface area contributed by atoms with Crippen molar-refractivity contribution in [1.82, 2.24) is 20.9 Å². The molecule has 0 aliphatic rings. The summed E-state index contributed by atoms with van der Waals surface area (Å²) < 4.78 is 0. The highest BCUT2D eigenvalue weighted by Crippen LogP contribution is 2.19. The standard InChI is InChI=1S/C26H39N5O5/c1-14(2)10-19(27)24(33)29-16(5)23(32)30-21(11-15(3)4)25(34)31-22(26(35)36)12-17-13-28-20-9-7-6-8-18(17)20/h6-9,13-16,19,21-22,28H,10-12,27H2,1-5H3,(H,29,33)(H,30,32)(H,31,34)(H,35,36). The highest BCUT2D eigenvalue weighted by Gasteiger charge is 2.30. The number of fused-ring (bicyclic) bond motifs is 1. The summed E-state index contributed by atoms with van der Waals surface area (Å²) in [6.45, 7) is 9.19. The number of H-pyrrole nitrogens is 1. The van der Waals surface area contributed by atoms with Crippen LogP contribution in [0.1, 0.15) is 53.0 Å². The van der Waals surface area contributed by atoms with Gasteiger partial charge >= 0.3 is 5.97 Å². The zero-order valence-electron chi connectivity index (χ0n) is 21.6. The van der Waals surface area contributed by atoms with Gasteiger partial charge in [0.2, 0.25) is 17.7 Å². The number of para-hydroxylation sites is 1. The maximum Gasteiger partial charge on any atom is 0.326 e. The lowest BCUT2D eigenvalue weighted by atomic mass is 10.0. The molecule has 0 aliphatic heterocycles. The molecule has 1 aromatic carbocycles. The average molecular weight is 502 g/mol. The normalized spacial score (nSPS) is 14.8. The number of nitrogens with one attached hydrogen (secondary N) is 4. The Morgan fingerprint density at radius 2 is 1.47 bits per heavy atom. The van der Waals surface area contributed by atoms with Crippen molar-refractivity contribution in [2.24, 2.45) is 17.6 Å². The van der Waals surface area contributed by atoms with E-state index in [0.717, 1.165) is 16.5 Å². The topological polar surface area (TPSA) is 166 Å². The van der Waals surface area contributed by atoms with Gasteiger partial charge in [-0.15, -0.1) is 0 Å². The lowest BCUT2D eigenvalue weighted by Gasteiger charge is -2.25. The van der Waals surface area contributed by atoms with Crippen molar-refractivity contribution in [3.8, 4) is 0 Å². The minimum absolute atomic E-state index is 0.0438. The van der Waals surface area contributed by atoms with Crippen molar-refractivity contribution in [1.29, 1.82) is 0 Å². The number of amides is 3. The second kappa shape index (κ2) is 13.1. The molecule has 0 bridgehead atoms. The van der Waals surface area contributed by atoms with Crippen LogP contribution in [0, 0.1) is 11.8 Å². The summed E-state index contributed by atoms with van der Waals surface area (Å²) in [5.74, 6) is -2.50. The number of hydrogen-bond donors (Lipinski definition) is 6. The van der Waals surface area contributed by atoms with E-state index in [9.17, 15) is 24.3 Å². The molecule has 3 amide bonds. The number of rotatable bonds is 13. The Labute approximate surface area is 211 Å². The Kier molecular flexibility index (Phi) is 10.5. The van der Waals surface area contributed by atoms with Gasteiger partial charge in [-0.2, -0.15) is 0 Å². The van der Waals surface area contributed by atoms with E-state index in [1.807, 2.05) is 52.0 Å². The lowest BCUT2D eigenvalue weighted by Crippen LogP contribution is -2.56. The van der Waals surface area contributed by atoms with Crippen molar-refractivity contribution in [3.63, 3.8) is 0 Å². The van der Waals surface area contributed by atoms with Crippen LogP contribution in [0.4, 0.5) is 0 Å². The van der Waals surface area contributed by atoms with E-state index in [-0.39, 0.29) is 18.3 Å². The second-order valence-corrected chi connectivity index (χ2v) is 10.1. The molecule has 1 heterocycles. The van der Waals surface area contributed by atoms with E-state index in [1.165, 1.54) is 6.92 Å². The summed E-state index contributed by atoms with van der Waals surface area (Å²) in [6.07, 6.45) is 2.58. The number of aliphatic carboxylic acids is 1. The van der Waals surface area contributed by atoms with Crippen molar-refractivity contribution in [2.75, 3.05) is 0 Å². The molecular formula is C26H39N5O5. The fourth-order valence-corrected chi connectivity index (χ4v) is 3.99. The third kappa shape index (κ3) is 8.37. The first kappa shape index (κ1) is 28.8. The zero-order chi connectivity index (χ0) is 27.0. The molecule has 4 unspecified atom stereocenters. The zero-order valence-corrected chi connectivity index (χ0v) is 21.6. The fourth-order valence-electron chi connectivity index (χ4n) is 3.99. The lowest BCUT2D eigenvalue weighted by molar-refractivity contribution is -0.142. The molecule has 0 radical (unpaired) electrons. The predicted octanol–water partition coefficient (Wildman–Crippen LogP) is 1.69. The molecule has 2 rings (SSSR count). The Balaban J connectivity index is 2.07. The number of carboxylic acids is 1. The molecular weight excluding hydrogens is 462 g/mol. The molecule has 10 heteroatoms. The summed E-state index contributed by atoms with van der Waals surface area (Å²) in [4.78, 5) is 53.2. The molecule has 0 fully saturated rings. The van der Waals surface area contributed by atoms with Gasteiger partial charge in [-0.1, -0.05) is 45.9 Å². The first-order chi connectivity index (χ1) is 16.9. The monoisotopic (exact) mass is 501 g/mol. The van der Waals surface area contributed by atoms with Gasteiger partial charge in [-0.25, -0.2) is 4.79 Å². The maximum atomic E-state index is 13.1. The van der Waals surface area contributed by atoms with Crippen LogP contribution in [-0.4, -0.2) is 57.9 Å². The minimum atomic E-state index is -1.19. The third-order valence-corrected chi connectivity index (χ3v) is 5.87. The summed E-state index contributed by atoms with van der Waals surface area (Å²) >= 11 is 0. The van der Waals surface area contributed by atoms with Crippen molar-refractivity contribution in [2.45, 2.75) is 78.0 Å². The van der Waals surface area contributed by atoms with Crippen LogP contribution < -0.4 is 21.7 Å². The largest absolute Gasteiger partial charge is 0.480 e. The van der Waals surface area contributed by atoms with Gasteiger partial charge in [0.25, 0.3) is 0 Å². The fraction of sp³-hybridized carbons (Fsp3) is 0.538. The molecule has 0 spiro atoms. The SMILES string of the molecule is CC(C)CC(N)C(=O)NC(C)C(=O)NC(CC(C)C)C(=O)NC(Cc1c[nH]c2ccccc12)C(=O)O. The van der Waals surface area contributed by atoms with E-state index >= 15 is 0 Å². The summed E-state index contributed by atoms with van der Waals surface area (Å²) in [5, 5.41) is 18.5. The van der Waals surface area contributed by atoms with Gasteiger partial charge in [0.1, 0.15) is 18.1 Å². The highest BCUT2D eigenvalue weighted by atomic mass is 16.4. The van der Waals surface area contributed by atoms with Crippen molar-refractivity contribution in [3.05, 3.63) is 36.0 Å². The van der Waals surface area contributed by atoms with Gasteiger partial charge in [-0.3, -0.25) is 14.4 Å². The number of carbonyl (C=O) groups is 4. The highest BCUT2D eigenvalue weighted by molar-refractivity contribution is 5.94. The first-order valence-electron chi connectivity index (χ1n) is 12.3. The number of benzene rings is 1. The molecule has 4 atom stereocenters. The van der Waals surface area contributed by atoms with E-state index in [2.05, 4.69) is 20.9 Å². The molecule has 2 aromatic rings. The molecule has 198 valence electrons. The Morgan fingerprint density at radius 3 is 2.08 bits per heavy atom. The smallest absolute Gasteiger partial charge is 0.326 e. The van der Waals surface area contributed by atoms with Crippen molar-refractivity contribution < 1.29 is 24.3 Å². The molecule has 1 aromatic heterocycles. The van der Waals surface area contributed by atoms with Crippen LogP contribution in [0.5, 0.6) is 0 Å². The molecule has 36 heavy (non-hydrogen) atoms. The number of carboxylic acid groups (broad SMARTS) is 1. The van der Waals surface area contributed by atoms with Crippen LogP contribution in [0.2, 0.25) is 0 Å². The number of aromatic amines is 1. The van der Waals surface area contributed by atoms with Gasteiger partial charge < -0.3 is 31.8 Å². The molecule has 0 saturated carbocycles. The van der Waals surface area contributed by atoms with Crippen LogP contribution in [-0.2, 0) is 25.6 Å². The summed E-state index contributed by atoms with van der Waals surface area (Å²) in [5.41, 5.74) is 7.52. The third-order valence-electron chi connectivity index (χ3n) is 5.87. The van der Waals surface area contributed by atoms with Crippen LogP contribution in [0.15, 0.2) is 30.5 Å². The molecule has 7 N–H and O–H groups in total. The maximum absolute atomic E-state index is 13.1. The number of nitrogens with two attached hydrogens (primary N) is 1. The number of hydrogen-bond acceptors (Lipinski definition) is 5. The molecule has 0 aliphatic carbocycles. The molecule has 10 nitrogen and oxygen atoms in total. The summed E-state index contributed by atoms with van der Waals surface area (Å²) in [6, 6.07) is 3.69. The van der Waals surface area contributed by atoms with Crippen LogP contribution in [0.3, 0.4) is 0 Å². The predicted molar refractivity (Wildman–Crippen MR) is 138 cm³/mol. The summed E-state index contributed by atoms with van der Waals surface area (Å²) in [7, 11) is 0. The second-order valence-electron chi connectivity index (χ2n) is 10.1. The average Bonchev–Trinajstić information content (AvgIpc) is 3.19. The van der Waals surface area contributed by atoms with E-state index < -0.39 is 47.9 Å². The first-order valence-corrected chi connectivity index (χ1v) is 12.3. The minimum Gasteiger partial charge on any atom is -0.480 e. The Hall–Kier alpha value is -3.40. The van der Waals surface area contributed by atoms with E-state index in [4.69, 9.17) is 5.73 Å². The molecule has 0 saturated heterocycles. The Morgan fingerprint density at radius 1 is 0.861 bits per heavy atom. The quantitative estimate of drug-likeness (QED) is 0.244. The number of aromatic nitrogens is 1. The van der Waals surface area contributed by atoms with Crippen LogP contribution >= 0.6 is 0 Å². The van der Waals surface area contributed by atoms with Crippen LogP contribution in [0.25, 0.3) is 10.9 Å². The Bertz CT molecular complexity index is 1060. The van der Waals surface area contributed by atoms with Gasteiger partial charge in [-0.05, 0) is 43.2 Å². The van der Waals surface area contributed by atoms with Gasteiger partial charge in [0.05, 0.1) is 6.04 Å². The van der Waals surface area contributed by atoms with Gasteiger partial charge in [0, 0.05) is 23.5 Å². The van der Waals surface area contributed by atoms with E-state index in [0.29, 0.717) is 12.8 Å². The van der Waals surface area contributed by atoms with Crippen molar-refractivity contribution >= 4 is 34.6 Å². The number of carbonyl (C=O) groups excluding carboxylic acids is 3. The van der Waals surface area contributed by atoms with E-state index in [1.54, 1.807) is 6.20 Å².